The van der Waals surface area contributed by atoms with E-state index in [1.165, 1.54) is 6.07 Å². The van der Waals surface area contributed by atoms with Crippen molar-refractivity contribution < 1.29 is 4.39 Å². The molecule has 2 heteroatoms. The van der Waals surface area contributed by atoms with Crippen LogP contribution in [0, 0.1) is 19.7 Å². The zero-order valence-electron chi connectivity index (χ0n) is 11.0. The number of aryl methyl sites for hydroxylation is 1. The van der Waals surface area contributed by atoms with Crippen LogP contribution in [0.5, 0.6) is 0 Å². The van der Waals surface area contributed by atoms with Crippen LogP contribution in [0.4, 0.5) is 4.39 Å². The third-order valence-corrected chi connectivity index (χ3v) is 3.41. The molecule has 0 aliphatic carbocycles. The van der Waals surface area contributed by atoms with Gasteiger partial charge in [-0.2, -0.15) is 0 Å². The maximum absolute atomic E-state index is 14.0. The second-order valence-electron chi connectivity index (χ2n) is 4.78. The van der Waals surface area contributed by atoms with Gasteiger partial charge in [0.25, 0.3) is 0 Å². The van der Waals surface area contributed by atoms with Crippen molar-refractivity contribution in [3.63, 3.8) is 0 Å². The van der Waals surface area contributed by atoms with Gasteiger partial charge in [0, 0.05) is 11.6 Å². The summed E-state index contributed by atoms with van der Waals surface area (Å²) in [4.78, 5) is 0. The molecule has 0 aromatic heterocycles. The van der Waals surface area contributed by atoms with Gasteiger partial charge in [-0.3, -0.25) is 0 Å². The number of nitrogens with two attached hydrogens (primary N) is 1. The standard InChI is InChI=1S/C16H18FN/c1-10-5-4-6-14(11(10)2)15-9-13(12(3)18)7-8-16(15)17/h4-9,12H,18H2,1-3H3. The molecule has 94 valence electrons. The molecule has 2 N–H and O–H groups in total. The first-order chi connectivity index (χ1) is 8.50. The highest BCUT2D eigenvalue weighted by molar-refractivity contribution is 5.69. The Morgan fingerprint density at radius 1 is 1.06 bits per heavy atom. The van der Waals surface area contributed by atoms with Gasteiger partial charge < -0.3 is 5.73 Å². The SMILES string of the molecule is Cc1cccc(-c2cc(C(C)N)ccc2F)c1C. The molecule has 1 nitrogen and oxygen atoms in total. The van der Waals surface area contributed by atoms with Crippen LogP contribution < -0.4 is 5.73 Å². The summed E-state index contributed by atoms with van der Waals surface area (Å²) in [5, 5.41) is 0. The Labute approximate surface area is 107 Å². The third kappa shape index (κ3) is 2.29. The van der Waals surface area contributed by atoms with Crippen LogP contribution in [0.2, 0.25) is 0 Å². The van der Waals surface area contributed by atoms with Crippen LogP contribution in [0.25, 0.3) is 11.1 Å². The molecule has 18 heavy (non-hydrogen) atoms. The maximum Gasteiger partial charge on any atom is 0.131 e. The van der Waals surface area contributed by atoms with Crippen LogP contribution in [-0.2, 0) is 0 Å². The zero-order chi connectivity index (χ0) is 13.3. The van der Waals surface area contributed by atoms with E-state index in [4.69, 9.17) is 5.73 Å². The van der Waals surface area contributed by atoms with Gasteiger partial charge in [0.15, 0.2) is 0 Å². The van der Waals surface area contributed by atoms with Gasteiger partial charge in [-0.1, -0.05) is 24.3 Å². The van der Waals surface area contributed by atoms with E-state index in [1.54, 1.807) is 6.07 Å². The molecule has 0 saturated carbocycles. The first kappa shape index (κ1) is 12.8. The first-order valence-electron chi connectivity index (χ1n) is 6.12. The fourth-order valence-electron chi connectivity index (χ4n) is 2.08. The number of halogens is 1. The number of hydrogen-bond donors (Lipinski definition) is 1. The van der Waals surface area contributed by atoms with E-state index < -0.39 is 0 Å². The van der Waals surface area contributed by atoms with E-state index in [0.29, 0.717) is 5.56 Å². The average molecular weight is 243 g/mol. The van der Waals surface area contributed by atoms with E-state index in [9.17, 15) is 4.39 Å². The molecule has 1 unspecified atom stereocenters. The quantitative estimate of drug-likeness (QED) is 0.843. The molecule has 0 amide bonds. The summed E-state index contributed by atoms with van der Waals surface area (Å²) in [5.74, 6) is -0.201. The fourth-order valence-corrected chi connectivity index (χ4v) is 2.08. The molecule has 2 aromatic rings. The Morgan fingerprint density at radius 2 is 1.78 bits per heavy atom. The highest BCUT2D eigenvalue weighted by Gasteiger charge is 2.11. The van der Waals surface area contributed by atoms with Crippen molar-refractivity contribution in [2.45, 2.75) is 26.8 Å². The smallest absolute Gasteiger partial charge is 0.131 e. The number of hydrogen-bond acceptors (Lipinski definition) is 1. The fraction of sp³-hybridized carbons (Fsp3) is 0.250. The molecule has 0 saturated heterocycles. The van der Waals surface area contributed by atoms with E-state index in [-0.39, 0.29) is 11.9 Å². The second-order valence-corrected chi connectivity index (χ2v) is 4.78. The minimum atomic E-state index is -0.201. The molecule has 1 atom stereocenters. The topological polar surface area (TPSA) is 26.0 Å². The predicted octanol–water partition coefficient (Wildman–Crippen LogP) is 4.13. The van der Waals surface area contributed by atoms with Gasteiger partial charge in [-0.05, 0) is 55.2 Å². The Kier molecular flexibility index (Phi) is 3.48. The predicted molar refractivity (Wildman–Crippen MR) is 73.9 cm³/mol. The second kappa shape index (κ2) is 4.91. The molecule has 0 spiro atoms. The van der Waals surface area contributed by atoms with Gasteiger partial charge in [0.1, 0.15) is 5.82 Å². The van der Waals surface area contributed by atoms with Crippen molar-refractivity contribution in [1.82, 2.24) is 0 Å². The van der Waals surface area contributed by atoms with Crippen LogP contribution in [0.15, 0.2) is 36.4 Å². The summed E-state index contributed by atoms with van der Waals surface area (Å²) >= 11 is 0. The van der Waals surface area contributed by atoms with Crippen molar-refractivity contribution in [1.29, 1.82) is 0 Å². The molecule has 0 fully saturated rings. The van der Waals surface area contributed by atoms with Crippen molar-refractivity contribution in [3.8, 4) is 11.1 Å². The monoisotopic (exact) mass is 243 g/mol. The summed E-state index contributed by atoms with van der Waals surface area (Å²) in [7, 11) is 0. The summed E-state index contributed by atoms with van der Waals surface area (Å²) in [6, 6.07) is 10.9. The van der Waals surface area contributed by atoms with Crippen molar-refractivity contribution in [3.05, 3.63) is 58.9 Å². The van der Waals surface area contributed by atoms with Crippen LogP contribution in [0.3, 0.4) is 0 Å². The molecule has 0 aliphatic heterocycles. The highest BCUT2D eigenvalue weighted by Crippen LogP contribution is 2.29. The minimum absolute atomic E-state index is 0.0885. The molecular formula is C16H18FN. The number of benzene rings is 2. The lowest BCUT2D eigenvalue weighted by atomic mass is 9.94. The van der Waals surface area contributed by atoms with Crippen molar-refractivity contribution in [2.24, 2.45) is 5.73 Å². The van der Waals surface area contributed by atoms with E-state index in [1.807, 2.05) is 45.0 Å². The molecule has 2 aromatic carbocycles. The molecule has 0 radical (unpaired) electrons. The van der Waals surface area contributed by atoms with Gasteiger partial charge in [-0.15, -0.1) is 0 Å². The van der Waals surface area contributed by atoms with E-state index in [2.05, 4.69) is 0 Å². The Bertz CT molecular complexity index is 573. The van der Waals surface area contributed by atoms with Crippen LogP contribution in [-0.4, -0.2) is 0 Å². The highest BCUT2D eigenvalue weighted by atomic mass is 19.1. The maximum atomic E-state index is 14.0. The summed E-state index contributed by atoms with van der Waals surface area (Å²) in [6.07, 6.45) is 0. The van der Waals surface area contributed by atoms with E-state index >= 15 is 0 Å². The third-order valence-electron chi connectivity index (χ3n) is 3.41. The molecule has 0 heterocycles. The molecule has 0 bridgehead atoms. The molecule has 0 aliphatic rings. The largest absolute Gasteiger partial charge is 0.324 e. The lowest BCUT2D eigenvalue weighted by Crippen LogP contribution is -2.05. The van der Waals surface area contributed by atoms with Gasteiger partial charge in [0.2, 0.25) is 0 Å². The average Bonchev–Trinajstić information content (AvgIpc) is 2.33. The van der Waals surface area contributed by atoms with E-state index in [0.717, 1.165) is 22.3 Å². The number of rotatable bonds is 2. The van der Waals surface area contributed by atoms with Gasteiger partial charge in [0.05, 0.1) is 0 Å². The van der Waals surface area contributed by atoms with Crippen LogP contribution >= 0.6 is 0 Å². The summed E-state index contributed by atoms with van der Waals surface area (Å²) in [5.41, 5.74) is 10.7. The van der Waals surface area contributed by atoms with Crippen molar-refractivity contribution in [2.75, 3.05) is 0 Å². The van der Waals surface area contributed by atoms with Crippen molar-refractivity contribution >= 4 is 0 Å². The summed E-state index contributed by atoms with van der Waals surface area (Å²) < 4.78 is 14.0. The van der Waals surface area contributed by atoms with Gasteiger partial charge >= 0.3 is 0 Å². The van der Waals surface area contributed by atoms with Crippen LogP contribution in [0.1, 0.15) is 29.7 Å². The van der Waals surface area contributed by atoms with Gasteiger partial charge in [-0.25, -0.2) is 4.39 Å². The lowest BCUT2D eigenvalue weighted by Gasteiger charge is -2.13. The minimum Gasteiger partial charge on any atom is -0.324 e. The molecule has 2 rings (SSSR count). The Morgan fingerprint density at radius 3 is 2.44 bits per heavy atom. The zero-order valence-corrected chi connectivity index (χ0v) is 11.0. The normalized spacial score (nSPS) is 12.5. The first-order valence-corrected chi connectivity index (χ1v) is 6.12. The molecular weight excluding hydrogens is 225 g/mol. The lowest BCUT2D eigenvalue weighted by molar-refractivity contribution is 0.629. The summed E-state index contributed by atoms with van der Waals surface area (Å²) in [6.45, 7) is 5.95. The Hall–Kier alpha value is -1.67. The Balaban J connectivity index is 2.63.